The third kappa shape index (κ3) is 2.56. The van der Waals surface area contributed by atoms with Crippen LogP contribution in [0, 0.1) is 5.92 Å². The Bertz CT molecular complexity index is 476. The largest absolute Gasteiger partial charge is 0.310 e. The van der Waals surface area contributed by atoms with Crippen LogP contribution in [-0.4, -0.2) is 36.6 Å². The summed E-state index contributed by atoms with van der Waals surface area (Å²) in [6, 6.07) is 10.4. The van der Waals surface area contributed by atoms with Gasteiger partial charge in [0, 0.05) is 23.1 Å². The highest BCUT2D eigenvalue weighted by Crippen LogP contribution is 2.39. The van der Waals surface area contributed by atoms with Gasteiger partial charge in [-0.15, -0.1) is 0 Å². The average Bonchev–Trinajstić information content (AvgIpc) is 2.43. The lowest BCUT2D eigenvalue weighted by Crippen LogP contribution is -2.59. The van der Waals surface area contributed by atoms with Gasteiger partial charge in [0.1, 0.15) is 0 Å². The Kier molecular flexibility index (Phi) is 3.61. The normalized spacial score (nSPS) is 39.5. The van der Waals surface area contributed by atoms with Crippen molar-refractivity contribution in [1.29, 1.82) is 0 Å². The van der Waals surface area contributed by atoms with E-state index < -0.39 is 0 Å². The molecule has 4 fully saturated rings. The summed E-state index contributed by atoms with van der Waals surface area (Å²) >= 11 is 3.58. The van der Waals surface area contributed by atoms with E-state index in [4.69, 9.17) is 0 Å². The maximum absolute atomic E-state index is 3.95. The van der Waals surface area contributed by atoms with Crippen molar-refractivity contribution in [2.75, 3.05) is 19.6 Å². The van der Waals surface area contributed by atoms with Gasteiger partial charge in [0.05, 0.1) is 0 Å². The van der Waals surface area contributed by atoms with Gasteiger partial charge in [-0.05, 0) is 68.3 Å². The first-order valence-electron chi connectivity index (χ1n) is 8.02. The second-order valence-corrected chi connectivity index (χ2v) is 7.75. The Morgan fingerprint density at radius 2 is 1.95 bits per heavy atom. The monoisotopic (exact) mass is 334 g/mol. The second-order valence-electron chi connectivity index (χ2n) is 6.83. The zero-order valence-electron chi connectivity index (χ0n) is 11.9. The molecule has 1 unspecified atom stereocenters. The van der Waals surface area contributed by atoms with Gasteiger partial charge in [-0.1, -0.05) is 28.1 Å². The molecule has 1 aromatic rings. The van der Waals surface area contributed by atoms with E-state index in [-0.39, 0.29) is 0 Å². The molecule has 1 saturated carbocycles. The molecule has 1 N–H and O–H groups in total. The van der Waals surface area contributed by atoms with Crippen LogP contribution >= 0.6 is 15.9 Å². The number of benzene rings is 1. The number of hydrogen-bond acceptors (Lipinski definition) is 2. The van der Waals surface area contributed by atoms with Crippen LogP contribution in [0.25, 0.3) is 0 Å². The van der Waals surface area contributed by atoms with Crippen molar-refractivity contribution >= 4 is 15.9 Å². The molecule has 3 heterocycles. The Balaban J connectivity index is 1.31. The molecular weight excluding hydrogens is 312 g/mol. The lowest BCUT2D eigenvalue weighted by atomic mass is 9.74. The molecule has 3 heteroatoms. The molecule has 1 aromatic carbocycles. The first-order chi connectivity index (χ1) is 9.78. The van der Waals surface area contributed by atoms with E-state index in [0.29, 0.717) is 0 Å². The summed E-state index contributed by atoms with van der Waals surface area (Å²) in [6.07, 6.45) is 5.47. The maximum Gasteiger partial charge on any atom is 0.0226 e. The summed E-state index contributed by atoms with van der Waals surface area (Å²) in [5.41, 5.74) is 1.51. The number of halogens is 1. The molecule has 5 rings (SSSR count). The van der Waals surface area contributed by atoms with Gasteiger partial charge in [0.2, 0.25) is 0 Å². The van der Waals surface area contributed by atoms with Crippen LogP contribution in [0.3, 0.4) is 0 Å². The number of fused-ring (bicyclic) bond motifs is 3. The van der Waals surface area contributed by atoms with Gasteiger partial charge in [-0.2, -0.15) is 0 Å². The molecule has 1 aliphatic carbocycles. The minimum atomic E-state index is 0.754. The van der Waals surface area contributed by atoms with Crippen molar-refractivity contribution in [3.05, 3.63) is 34.3 Å². The molecule has 4 aliphatic rings. The van der Waals surface area contributed by atoms with Gasteiger partial charge in [-0.3, -0.25) is 0 Å². The highest BCUT2D eigenvalue weighted by molar-refractivity contribution is 9.10. The molecular formula is C17H23BrN2. The molecule has 0 spiro atoms. The lowest BCUT2D eigenvalue weighted by molar-refractivity contribution is 0.0584. The molecule has 108 valence electrons. The van der Waals surface area contributed by atoms with Crippen LogP contribution in [-0.2, 0) is 0 Å². The average molecular weight is 335 g/mol. The smallest absolute Gasteiger partial charge is 0.0226 e. The first kappa shape index (κ1) is 13.3. The Labute approximate surface area is 130 Å². The summed E-state index contributed by atoms with van der Waals surface area (Å²) in [5.74, 6) is 1.72. The van der Waals surface area contributed by atoms with E-state index in [9.17, 15) is 0 Å². The predicted octanol–water partition coefficient (Wildman–Crippen LogP) is 3.38. The number of nitrogens with zero attached hydrogens (tertiary/aromatic N) is 1. The van der Waals surface area contributed by atoms with Gasteiger partial charge < -0.3 is 10.2 Å². The summed E-state index contributed by atoms with van der Waals surface area (Å²) in [5, 5.41) is 3.95. The first-order valence-corrected chi connectivity index (χ1v) is 8.81. The Hall–Kier alpha value is -0.380. The third-order valence-corrected chi connectivity index (χ3v) is 6.06. The van der Waals surface area contributed by atoms with E-state index in [1.165, 1.54) is 55.4 Å². The van der Waals surface area contributed by atoms with Gasteiger partial charge in [0.25, 0.3) is 0 Å². The van der Waals surface area contributed by atoms with E-state index >= 15 is 0 Å². The molecule has 20 heavy (non-hydrogen) atoms. The van der Waals surface area contributed by atoms with E-state index in [1.54, 1.807) is 0 Å². The number of nitrogens with one attached hydrogen (secondary N) is 1. The molecule has 0 amide bonds. The van der Waals surface area contributed by atoms with E-state index in [0.717, 1.165) is 23.9 Å². The predicted molar refractivity (Wildman–Crippen MR) is 86.0 cm³/mol. The Morgan fingerprint density at radius 1 is 1.15 bits per heavy atom. The van der Waals surface area contributed by atoms with Gasteiger partial charge >= 0.3 is 0 Å². The fourth-order valence-corrected chi connectivity index (χ4v) is 4.66. The number of rotatable bonds is 3. The standard InChI is InChI=1S/C17H23BrN2/c18-15-3-1-2-13(8-15)14-9-16(10-14)19-17-11-20-6-4-12(17)5-7-20/h1-3,8,12,14,16-17,19H,4-7,9-11H2. The molecule has 0 aromatic heterocycles. The third-order valence-electron chi connectivity index (χ3n) is 5.56. The van der Waals surface area contributed by atoms with Crippen LogP contribution < -0.4 is 5.32 Å². The van der Waals surface area contributed by atoms with E-state index in [2.05, 4.69) is 50.4 Å². The molecule has 2 bridgehead atoms. The van der Waals surface area contributed by atoms with Crippen molar-refractivity contribution in [3.8, 4) is 0 Å². The molecule has 3 saturated heterocycles. The SMILES string of the molecule is Brc1cccc(C2CC(NC3CN4CCC3CC4)C2)c1. The van der Waals surface area contributed by atoms with Crippen molar-refractivity contribution in [1.82, 2.24) is 10.2 Å². The van der Waals surface area contributed by atoms with Crippen molar-refractivity contribution in [2.24, 2.45) is 5.92 Å². The number of hydrogen-bond donors (Lipinski definition) is 1. The topological polar surface area (TPSA) is 15.3 Å². The summed E-state index contributed by atoms with van der Waals surface area (Å²) in [6.45, 7) is 3.98. The summed E-state index contributed by atoms with van der Waals surface area (Å²) in [7, 11) is 0. The summed E-state index contributed by atoms with van der Waals surface area (Å²) < 4.78 is 1.21. The molecule has 2 nitrogen and oxygen atoms in total. The van der Waals surface area contributed by atoms with Crippen molar-refractivity contribution < 1.29 is 0 Å². The fraction of sp³-hybridized carbons (Fsp3) is 0.647. The minimum absolute atomic E-state index is 0.754. The zero-order valence-corrected chi connectivity index (χ0v) is 13.5. The highest BCUT2D eigenvalue weighted by atomic mass is 79.9. The van der Waals surface area contributed by atoms with Crippen molar-refractivity contribution in [2.45, 2.75) is 43.7 Å². The lowest BCUT2D eigenvalue weighted by Gasteiger charge is -2.48. The van der Waals surface area contributed by atoms with Crippen LogP contribution in [0.15, 0.2) is 28.7 Å². The van der Waals surface area contributed by atoms with E-state index in [1.807, 2.05) is 0 Å². The van der Waals surface area contributed by atoms with Gasteiger partial charge in [0.15, 0.2) is 0 Å². The highest BCUT2D eigenvalue weighted by Gasteiger charge is 2.38. The quantitative estimate of drug-likeness (QED) is 0.911. The Morgan fingerprint density at radius 3 is 2.60 bits per heavy atom. The second kappa shape index (κ2) is 5.43. The van der Waals surface area contributed by atoms with Crippen LogP contribution in [0.2, 0.25) is 0 Å². The zero-order chi connectivity index (χ0) is 13.5. The van der Waals surface area contributed by atoms with Crippen molar-refractivity contribution in [3.63, 3.8) is 0 Å². The van der Waals surface area contributed by atoms with Crippen LogP contribution in [0.5, 0.6) is 0 Å². The fourth-order valence-electron chi connectivity index (χ4n) is 4.24. The maximum atomic E-state index is 3.95. The molecule has 1 atom stereocenters. The molecule has 0 radical (unpaired) electrons. The minimum Gasteiger partial charge on any atom is -0.310 e. The van der Waals surface area contributed by atoms with Gasteiger partial charge in [-0.25, -0.2) is 0 Å². The summed E-state index contributed by atoms with van der Waals surface area (Å²) in [4.78, 5) is 2.64. The van der Waals surface area contributed by atoms with Crippen LogP contribution in [0.4, 0.5) is 0 Å². The van der Waals surface area contributed by atoms with Crippen LogP contribution in [0.1, 0.15) is 37.2 Å². The molecule has 3 aliphatic heterocycles. The number of piperidine rings is 3.